The maximum Gasteiger partial charge on any atom is 0.242 e. The molecule has 100 valence electrons. The highest BCUT2D eigenvalue weighted by Crippen LogP contribution is 2.23. The molecule has 0 saturated heterocycles. The van der Waals surface area contributed by atoms with Gasteiger partial charge in [-0.05, 0) is 24.6 Å². The molecule has 0 aliphatic heterocycles. The molecule has 1 aromatic rings. The second kappa shape index (κ2) is 7.24. The van der Waals surface area contributed by atoms with Gasteiger partial charge in [0.25, 0.3) is 0 Å². The highest BCUT2D eigenvalue weighted by Gasteiger charge is 2.19. The molecular weight excluding hydrogens is 254 g/mol. The predicted octanol–water partition coefficient (Wildman–Crippen LogP) is 2.13. The molecule has 0 heterocycles. The van der Waals surface area contributed by atoms with Crippen LogP contribution in [-0.4, -0.2) is 32.8 Å². The zero-order valence-electron chi connectivity index (χ0n) is 10.8. The number of hydrogen-bond acceptors (Lipinski definition) is 3. The average Bonchev–Trinajstić information content (AvgIpc) is 2.38. The van der Waals surface area contributed by atoms with Crippen LogP contribution in [0.15, 0.2) is 24.3 Å². The minimum absolute atomic E-state index is 0.0676. The minimum Gasteiger partial charge on any atom is -0.497 e. The van der Waals surface area contributed by atoms with Crippen molar-refractivity contribution in [2.24, 2.45) is 0 Å². The van der Waals surface area contributed by atoms with Gasteiger partial charge in [0.15, 0.2) is 0 Å². The molecule has 0 aromatic heterocycles. The summed E-state index contributed by atoms with van der Waals surface area (Å²) in [6.07, 6.45) is 0. The Balaban J connectivity index is 2.61. The number of hydrogen-bond donors (Lipinski definition) is 1. The van der Waals surface area contributed by atoms with Crippen LogP contribution in [0.1, 0.15) is 17.9 Å². The summed E-state index contributed by atoms with van der Waals surface area (Å²) in [5, 5.41) is 2.07. The molecular formula is C13H18ClNO3. The van der Waals surface area contributed by atoms with Crippen LogP contribution < -0.4 is 10.1 Å². The Kier molecular flexibility index (Phi) is 5.95. The molecule has 1 amide bonds. The summed E-state index contributed by atoms with van der Waals surface area (Å²) in [4.78, 5) is 11.9. The van der Waals surface area contributed by atoms with Gasteiger partial charge in [-0.2, -0.15) is 0 Å². The fraction of sp³-hybridized carbons (Fsp3) is 0.462. The second-order valence-electron chi connectivity index (χ2n) is 4.00. The highest BCUT2D eigenvalue weighted by atomic mass is 35.5. The van der Waals surface area contributed by atoms with E-state index in [4.69, 9.17) is 21.1 Å². The fourth-order valence-electron chi connectivity index (χ4n) is 1.53. The molecule has 1 rings (SSSR count). The lowest BCUT2D eigenvalue weighted by molar-refractivity contribution is -0.121. The summed E-state index contributed by atoms with van der Waals surface area (Å²) in [5.74, 6) is 0.502. The van der Waals surface area contributed by atoms with Gasteiger partial charge in [-0.15, -0.1) is 11.6 Å². The molecule has 2 atom stereocenters. The van der Waals surface area contributed by atoms with Crippen LogP contribution in [0.2, 0.25) is 0 Å². The van der Waals surface area contributed by atoms with Crippen LogP contribution in [0.4, 0.5) is 0 Å². The monoisotopic (exact) mass is 271 g/mol. The number of halogens is 1. The van der Waals surface area contributed by atoms with Crippen molar-refractivity contribution in [3.8, 4) is 5.75 Å². The van der Waals surface area contributed by atoms with E-state index < -0.39 is 5.38 Å². The van der Waals surface area contributed by atoms with Gasteiger partial charge in [-0.25, -0.2) is 0 Å². The van der Waals surface area contributed by atoms with Crippen LogP contribution >= 0.6 is 11.6 Å². The van der Waals surface area contributed by atoms with Crippen molar-refractivity contribution in [1.29, 1.82) is 0 Å². The lowest BCUT2D eigenvalue weighted by atomic mass is 10.1. The van der Waals surface area contributed by atoms with Crippen LogP contribution in [0.25, 0.3) is 0 Å². The zero-order valence-corrected chi connectivity index (χ0v) is 11.5. The number of carbonyl (C=O) groups is 1. The van der Waals surface area contributed by atoms with E-state index in [1.165, 1.54) is 0 Å². The molecule has 0 bridgehead atoms. The molecule has 0 fully saturated rings. The quantitative estimate of drug-likeness (QED) is 0.807. The normalized spacial score (nSPS) is 13.8. The third kappa shape index (κ3) is 4.20. The lowest BCUT2D eigenvalue weighted by Crippen LogP contribution is -2.37. The summed E-state index contributed by atoms with van der Waals surface area (Å²) < 4.78 is 9.99. The molecule has 0 spiro atoms. The smallest absolute Gasteiger partial charge is 0.242 e. The molecule has 1 aromatic carbocycles. The summed E-state index contributed by atoms with van der Waals surface area (Å²) in [6, 6.07) is 7.03. The van der Waals surface area contributed by atoms with Gasteiger partial charge < -0.3 is 14.8 Å². The Bertz CT molecular complexity index is 380. The van der Waals surface area contributed by atoms with E-state index in [2.05, 4.69) is 5.32 Å². The van der Waals surface area contributed by atoms with E-state index in [9.17, 15) is 4.79 Å². The van der Waals surface area contributed by atoms with Gasteiger partial charge in [-0.3, -0.25) is 4.79 Å². The molecule has 2 unspecified atom stereocenters. The molecule has 1 N–H and O–H groups in total. The number of nitrogens with one attached hydrogen (secondary N) is 1. The Morgan fingerprint density at radius 2 is 1.94 bits per heavy atom. The first-order chi connectivity index (χ1) is 8.58. The van der Waals surface area contributed by atoms with Crippen LogP contribution in [0.5, 0.6) is 5.75 Å². The third-order valence-corrected chi connectivity index (χ3v) is 2.89. The summed E-state index contributed by atoms with van der Waals surface area (Å²) in [7, 11) is 3.18. The van der Waals surface area contributed by atoms with Crippen molar-refractivity contribution in [2.45, 2.75) is 18.3 Å². The number of rotatable bonds is 6. The standard InChI is InChI=1S/C13H18ClNO3/c1-9(8-17-2)15-13(16)12(14)10-4-6-11(18-3)7-5-10/h4-7,9,12H,8H2,1-3H3,(H,15,16). The van der Waals surface area contributed by atoms with Gasteiger partial charge in [0, 0.05) is 13.2 Å². The van der Waals surface area contributed by atoms with Gasteiger partial charge in [-0.1, -0.05) is 12.1 Å². The molecule has 4 nitrogen and oxygen atoms in total. The molecule has 18 heavy (non-hydrogen) atoms. The van der Waals surface area contributed by atoms with Crippen molar-refractivity contribution < 1.29 is 14.3 Å². The molecule has 0 aliphatic carbocycles. The van der Waals surface area contributed by atoms with Gasteiger partial charge in [0.1, 0.15) is 11.1 Å². The van der Waals surface area contributed by atoms with Crippen molar-refractivity contribution in [1.82, 2.24) is 5.32 Å². The summed E-state index contributed by atoms with van der Waals surface area (Å²) in [5.41, 5.74) is 0.736. The van der Waals surface area contributed by atoms with Crippen molar-refractivity contribution >= 4 is 17.5 Å². The maximum absolute atomic E-state index is 11.9. The first-order valence-electron chi connectivity index (χ1n) is 5.65. The first kappa shape index (κ1) is 14.8. The first-order valence-corrected chi connectivity index (χ1v) is 6.09. The number of benzene rings is 1. The molecule has 5 heteroatoms. The number of ether oxygens (including phenoxy) is 2. The van der Waals surface area contributed by atoms with Gasteiger partial charge in [0.2, 0.25) is 5.91 Å². The zero-order chi connectivity index (χ0) is 13.5. The van der Waals surface area contributed by atoms with E-state index in [-0.39, 0.29) is 11.9 Å². The van der Waals surface area contributed by atoms with Crippen molar-refractivity contribution in [2.75, 3.05) is 20.8 Å². The number of methoxy groups -OCH3 is 2. The van der Waals surface area contributed by atoms with E-state index in [1.807, 2.05) is 6.92 Å². The largest absolute Gasteiger partial charge is 0.497 e. The van der Waals surface area contributed by atoms with Gasteiger partial charge >= 0.3 is 0 Å². The Labute approximate surface area is 112 Å². The summed E-state index contributed by atoms with van der Waals surface area (Å²) in [6.45, 7) is 2.32. The molecule has 0 radical (unpaired) electrons. The van der Waals surface area contributed by atoms with Crippen LogP contribution in [0, 0.1) is 0 Å². The molecule has 0 saturated carbocycles. The second-order valence-corrected chi connectivity index (χ2v) is 4.44. The van der Waals surface area contributed by atoms with E-state index >= 15 is 0 Å². The van der Waals surface area contributed by atoms with Crippen molar-refractivity contribution in [3.05, 3.63) is 29.8 Å². The van der Waals surface area contributed by atoms with E-state index in [0.29, 0.717) is 6.61 Å². The van der Waals surface area contributed by atoms with Crippen LogP contribution in [0.3, 0.4) is 0 Å². The SMILES string of the molecule is COCC(C)NC(=O)C(Cl)c1ccc(OC)cc1. The van der Waals surface area contributed by atoms with E-state index in [1.54, 1.807) is 38.5 Å². The average molecular weight is 272 g/mol. The van der Waals surface area contributed by atoms with Gasteiger partial charge in [0.05, 0.1) is 13.7 Å². The topological polar surface area (TPSA) is 47.6 Å². The molecule has 0 aliphatic rings. The van der Waals surface area contributed by atoms with E-state index in [0.717, 1.165) is 11.3 Å². The Morgan fingerprint density at radius 1 is 1.33 bits per heavy atom. The Morgan fingerprint density at radius 3 is 2.44 bits per heavy atom. The number of alkyl halides is 1. The lowest BCUT2D eigenvalue weighted by Gasteiger charge is -2.16. The summed E-state index contributed by atoms with van der Waals surface area (Å²) >= 11 is 6.10. The number of amides is 1. The predicted molar refractivity (Wildman–Crippen MR) is 71.1 cm³/mol. The Hall–Kier alpha value is -1.26. The minimum atomic E-state index is -0.713. The maximum atomic E-state index is 11.9. The number of carbonyl (C=O) groups excluding carboxylic acids is 1. The van der Waals surface area contributed by atoms with Crippen LogP contribution in [-0.2, 0) is 9.53 Å². The highest BCUT2D eigenvalue weighted by molar-refractivity contribution is 6.30. The third-order valence-electron chi connectivity index (χ3n) is 2.44. The van der Waals surface area contributed by atoms with Crippen molar-refractivity contribution in [3.63, 3.8) is 0 Å². The fourth-order valence-corrected chi connectivity index (χ4v) is 1.74.